The maximum atomic E-state index is 9.88. The highest BCUT2D eigenvalue weighted by Gasteiger charge is 2.15. The van der Waals surface area contributed by atoms with Crippen molar-refractivity contribution in [3.05, 3.63) is 29.8 Å². The summed E-state index contributed by atoms with van der Waals surface area (Å²) in [6.45, 7) is 1.23. The van der Waals surface area contributed by atoms with Gasteiger partial charge in [-0.2, -0.15) is 0 Å². The van der Waals surface area contributed by atoms with Gasteiger partial charge in [0, 0.05) is 6.42 Å². The Morgan fingerprint density at radius 3 is 3.06 bits per heavy atom. The molecule has 1 heterocycles. The third-order valence-corrected chi connectivity index (χ3v) is 3.09. The lowest BCUT2D eigenvalue weighted by molar-refractivity contribution is -0.105. The normalized spacial score (nSPS) is 21.6. The van der Waals surface area contributed by atoms with Gasteiger partial charge >= 0.3 is 0 Å². The molecule has 1 aromatic carbocycles. The van der Waals surface area contributed by atoms with Gasteiger partial charge in [0.2, 0.25) is 0 Å². The van der Waals surface area contributed by atoms with E-state index in [1.807, 2.05) is 24.3 Å². The highest BCUT2D eigenvalue weighted by molar-refractivity contribution is 5.30. The molecule has 1 aromatic rings. The fourth-order valence-electron chi connectivity index (χ4n) is 2.08. The van der Waals surface area contributed by atoms with E-state index in [0.717, 1.165) is 37.2 Å². The van der Waals surface area contributed by atoms with Crippen molar-refractivity contribution in [1.82, 2.24) is 0 Å². The van der Waals surface area contributed by atoms with Crippen molar-refractivity contribution < 1.29 is 14.6 Å². The largest absolute Gasteiger partial charge is 0.465 e. The van der Waals surface area contributed by atoms with Gasteiger partial charge in [-0.3, -0.25) is 0 Å². The Hall–Kier alpha value is -1.10. The van der Waals surface area contributed by atoms with Gasteiger partial charge in [0.15, 0.2) is 6.29 Å². The van der Waals surface area contributed by atoms with Gasteiger partial charge in [-0.1, -0.05) is 12.1 Å². The molecule has 1 aliphatic rings. The van der Waals surface area contributed by atoms with Crippen LogP contribution in [0.4, 0.5) is 0 Å². The number of hydrogen-bond acceptors (Lipinski definition) is 4. The van der Waals surface area contributed by atoms with Crippen molar-refractivity contribution in [2.45, 2.75) is 38.1 Å². The van der Waals surface area contributed by atoms with E-state index in [2.05, 4.69) is 0 Å². The number of benzene rings is 1. The fraction of sp³-hybridized carbons (Fsp3) is 0.571. The number of ether oxygens (including phenoxy) is 2. The maximum absolute atomic E-state index is 9.88. The first-order valence-corrected chi connectivity index (χ1v) is 6.56. The number of hydrogen-bond donors (Lipinski definition) is 2. The van der Waals surface area contributed by atoms with E-state index in [0.29, 0.717) is 13.0 Å². The number of aliphatic hydroxyl groups excluding tert-OH is 1. The van der Waals surface area contributed by atoms with E-state index >= 15 is 0 Å². The van der Waals surface area contributed by atoms with Gasteiger partial charge in [-0.15, -0.1) is 0 Å². The Labute approximate surface area is 108 Å². The predicted molar refractivity (Wildman–Crippen MR) is 69.3 cm³/mol. The lowest BCUT2D eigenvalue weighted by atomic mass is 10.1. The van der Waals surface area contributed by atoms with Crippen LogP contribution in [0, 0.1) is 0 Å². The first kappa shape index (κ1) is 13.3. The van der Waals surface area contributed by atoms with E-state index in [9.17, 15) is 5.11 Å². The molecule has 2 atom stereocenters. The molecule has 0 spiro atoms. The molecule has 0 saturated carbocycles. The molecule has 0 amide bonds. The van der Waals surface area contributed by atoms with Crippen molar-refractivity contribution in [2.24, 2.45) is 5.73 Å². The van der Waals surface area contributed by atoms with E-state index in [1.54, 1.807) is 0 Å². The molecule has 1 fully saturated rings. The van der Waals surface area contributed by atoms with Crippen LogP contribution >= 0.6 is 0 Å². The van der Waals surface area contributed by atoms with Crippen molar-refractivity contribution in [1.29, 1.82) is 0 Å². The summed E-state index contributed by atoms with van der Waals surface area (Å²) in [5, 5.41) is 9.88. The quantitative estimate of drug-likeness (QED) is 0.839. The smallest absolute Gasteiger partial charge is 0.199 e. The summed E-state index contributed by atoms with van der Waals surface area (Å²) in [6.07, 6.45) is 3.06. The molecule has 0 aromatic heterocycles. The van der Waals surface area contributed by atoms with Gasteiger partial charge in [0.25, 0.3) is 0 Å². The molecule has 2 unspecified atom stereocenters. The molecule has 2 rings (SSSR count). The summed E-state index contributed by atoms with van der Waals surface area (Å²) in [4.78, 5) is 0. The van der Waals surface area contributed by atoms with Gasteiger partial charge in [-0.05, 0) is 43.5 Å². The summed E-state index contributed by atoms with van der Waals surface area (Å²) >= 11 is 0. The Morgan fingerprint density at radius 2 is 2.33 bits per heavy atom. The molecule has 18 heavy (non-hydrogen) atoms. The van der Waals surface area contributed by atoms with Crippen molar-refractivity contribution in [3.8, 4) is 5.75 Å². The highest BCUT2D eigenvalue weighted by atomic mass is 16.7. The van der Waals surface area contributed by atoms with E-state index < -0.39 is 6.10 Å². The molecule has 0 bridgehead atoms. The van der Waals surface area contributed by atoms with E-state index in [4.69, 9.17) is 15.2 Å². The Kier molecular flexibility index (Phi) is 4.99. The minimum Gasteiger partial charge on any atom is -0.465 e. The number of aliphatic hydroxyl groups is 1. The Bertz CT molecular complexity index is 364. The van der Waals surface area contributed by atoms with Gasteiger partial charge in [-0.25, -0.2) is 0 Å². The summed E-state index contributed by atoms with van der Waals surface area (Å²) in [6, 6.07) is 7.51. The summed E-state index contributed by atoms with van der Waals surface area (Å²) in [5.41, 5.74) is 6.28. The number of nitrogens with two attached hydrogens (primary N) is 1. The Balaban J connectivity index is 1.97. The maximum Gasteiger partial charge on any atom is 0.199 e. The standard InChI is InChI=1S/C14H21NO3/c15-8-7-13(16)11-4-3-5-12(10-11)18-14-6-1-2-9-17-14/h3-5,10,13-14,16H,1-2,6-9,15H2. The average molecular weight is 251 g/mol. The van der Waals surface area contributed by atoms with Gasteiger partial charge in [0.1, 0.15) is 5.75 Å². The van der Waals surface area contributed by atoms with Crippen LogP contribution in [0.5, 0.6) is 5.75 Å². The molecular weight excluding hydrogens is 230 g/mol. The molecule has 100 valence electrons. The zero-order valence-electron chi connectivity index (χ0n) is 10.5. The Morgan fingerprint density at radius 1 is 1.44 bits per heavy atom. The predicted octanol–water partition coefficient (Wildman–Crippen LogP) is 1.97. The molecular formula is C14H21NO3. The second-order valence-electron chi connectivity index (χ2n) is 4.58. The second kappa shape index (κ2) is 6.73. The molecule has 0 aliphatic carbocycles. The minimum absolute atomic E-state index is 0.152. The topological polar surface area (TPSA) is 64.7 Å². The molecule has 3 N–H and O–H groups in total. The van der Waals surface area contributed by atoms with Crippen LogP contribution in [-0.2, 0) is 4.74 Å². The van der Waals surface area contributed by atoms with E-state index in [1.165, 1.54) is 0 Å². The zero-order chi connectivity index (χ0) is 12.8. The van der Waals surface area contributed by atoms with Crippen LogP contribution < -0.4 is 10.5 Å². The lowest BCUT2D eigenvalue weighted by Gasteiger charge is -2.23. The summed E-state index contributed by atoms with van der Waals surface area (Å²) < 4.78 is 11.3. The molecule has 0 radical (unpaired) electrons. The third kappa shape index (κ3) is 3.70. The average Bonchev–Trinajstić information content (AvgIpc) is 2.40. The molecule has 4 heteroatoms. The highest BCUT2D eigenvalue weighted by Crippen LogP contribution is 2.24. The fourth-order valence-corrected chi connectivity index (χ4v) is 2.08. The first-order chi connectivity index (χ1) is 8.79. The van der Waals surface area contributed by atoms with E-state index in [-0.39, 0.29) is 6.29 Å². The van der Waals surface area contributed by atoms with Crippen molar-refractivity contribution in [2.75, 3.05) is 13.2 Å². The van der Waals surface area contributed by atoms with Crippen LogP contribution in [0.25, 0.3) is 0 Å². The van der Waals surface area contributed by atoms with Gasteiger partial charge < -0.3 is 20.3 Å². The van der Waals surface area contributed by atoms with Crippen molar-refractivity contribution >= 4 is 0 Å². The number of rotatable bonds is 5. The summed E-state index contributed by atoms with van der Waals surface area (Å²) in [7, 11) is 0. The van der Waals surface area contributed by atoms with Crippen molar-refractivity contribution in [3.63, 3.8) is 0 Å². The monoisotopic (exact) mass is 251 g/mol. The SMILES string of the molecule is NCCC(O)c1cccc(OC2CCCCO2)c1. The second-order valence-corrected chi connectivity index (χ2v) is 4.58. The van der Waals surface area contributed by atoms with Crippen LogP contribution in [0.1, 0.15) is 37.4 Å². The van der Waals surface area contributed by atoms with Crippen LogP contribution in [0.2, 0.25) is 0 Å². The molecule has 1 saturated heterocycles. The third-order valence-electron chi connectivity index (χ3n) is 3.09. The van der Waals surface area contributed by atoms with Crippen LogP contribution in [-0.4, -0.2) is 24.5 Å². The minimum atomic E-state index is -0.522. The lowest BCUT2D eigenvalue weighted by Crippen LogP contribution is -2.25. The molecule has 4 nitrogen and oxygen atoms in total. The van der Waals surface area contributed by atoms with Gasteiger partial charge in [0.05, 0.1) is 12.7 Å². The zero-order valence-corrected chi connectivity index (χ0v) is 10.5. The van der Waals surface area contributed by atoms with Crippen LogP contribution in [0.3, 0.4) is 0 Å². The summed E-state index contributed by atoms with van der Waals surface area (Å²) in [5.74, 6) is 0.746. The van der Waals surface area contributed by atoms with Crippen LogP contribution in [0.15, 0.2) is 24.3 Å². The first-order valence-electron chi connectivity index (χ1n) is 6.56. The molecule has 1 aliphatic heterocycles.